The first-order valence-electron chi connectivity index (χ1n) is 11.2. The second-order valence-electron chi connectivity index (χ2n) is 7.91. The van der Waals surface area contributed by atoms with Crippen LogP contribution in [-0.2, 0) is 6.54 Å². The van der Waals surface area contributed by atoms with Crippen LogP contribution < -0.4 is 10.6 Å². The summed E-state index contributed by atoms with van der Waals surface area (Å²) in [4.78, 5) is 4.80. The smallest absolute Gasteiger partial charge is 0.0730 e. The quantitative estimate of drug-likeness (QED) is 0.223. The Morgan fingerprint density at radius 3 is 2.27 bits per heavy atom. The van der Waals surface area contributed by atoms with Gasteiger partial charge in [-0.1, -0.05) is 73.9 Å². The van der Waals surface area contributed by atoms with E-state index < -0.39 is 0 Å². The number of hydrogen-bond acceptors (Lipinski definition) is 3. The van der Waals surface area contributed by atoms with Gasteiger partial charge in [0.05, 0.1) is 11.0 Å². The lowest BCUT2D eigenvalue weighted by Gasteiger charge is -2.10. The molecule has 0 atom stereocenters. The summed E-state index contributed by atoms with van der Waals surface area (Å²) >= 11 is 0. The van der Waals surface area contributed by atoms with Gasteiger partial charge >= 0.3 is 0 Å². The maximum absolute atomic E-state index is 4.80. The largest absolute Gasteiger partial charge is 0.384 e. The summed E-state index contributed by atoms with van der Waals surface area (Å²) in [5, 5.41) is 9.57. The Morgan fingerprint density at radius 2 is 1.37 bits per heavy atom. The van der Waals surface area contributed by atoms with E-state index in [0.717, 1.165) is 30.7 Å². The normalized spacial score (nSPS) is 11.2. The molecule has 30 heavy (non-hydrogen) atoms. The average molecular weight is 398 g/mol. The lowest BCUT2D eigenvalue weighted by molar-refractivity contribution is 0.580. The average Bonchev–Trinajstić information content (AvgIpc) is 2.79. The van der Waals surface area contributed by atoms with E-state index in [9.17, 15) is 0 Å². The topological polar surface area (TPSA) is 37.0 Å². The Bertz CT molecular complexity index is 1060. The summed E-state index contributed by atoms with van der Waals surface area (Å²) in [6.45, 7) is 3.09. The minimum Gasteiger partial charge on any atom is -0.384 e. The zero-order chi connectivity index (χ0) is 20.4. The maximum atomic E-state index is 4.80. The van der Waals surface area contributed by atoms with Crippen LogP contribution in [0.4, 0.5) is 5.69 Å². The fraction of sp³-hybridized carbons (Fsp3) is 0.296. The summed E-state index contributed by atoms with van der Waals surface area (Å²) in [6, 6.07) is 27.5. The molecule has 0 aliphatic rings. The molecule has 0 unspecified atom stereocenters. The van der Waals surface area contributed by atoms with Gasteiger partial charge in [-0.3, -0.25) is 0 Å². The Hall–Kier alpha value is -2.91. The van der Waals surface area contributed by atoms with Gasteiger partial charge in [0, 0.05) is 29.5 Å². The fourth-order valence-electron chi connectivity index (χ4n) is 3.91. The molecule has 2 N–H and O–H groups in total. The number of nitrogens with one attached hydrogen (secondary N) is 2. The highest BCUT2D eigenvalue weighted by Crippen LogP contribution is 2.26. The molecule has 4 rings (SSSR count). The number of fused-ring (bicyclic) bond motifs is 2. The third-order valence-electron chi connectivity index (χ3n) is 5.58. The summed E-state index contributed by atoms with van der Waals surface area (Å²) in [5.41, 5.74) is 4.66. The van der Waals surface area contributed by atoms with E-state index in [1.54, 1.807) is 0 Å². The Balaban J connectivity index is 1.15. The summed E-state index contributed by atoms with van der Waals surface area (Å²) in [7, 11) is 0. The summed E-state index contributed by atoms with van der Waals surface area (Å²) in [6.07, 6.45) is 6.33. The van der Waals surface area contributed by atoms with Crippen molar-refractivity contribution in [2.45, 2.75) is 38.6 Å². The van der Waals surface area contributed by atoms with Crippen LogP contribution in [0.1, 0.15) is 37.7 Å². The third kappa shape index (κ3) is 5.58. The third-order valence-corrected chi connectivity index (χ3v) is 5.58. The standard InChI is InChI=1S/C27H31N3/c1(2-9-18-28-21-22-12-5-4-6-13-22)3-10-19-29-26-16-11-17-27-24(26)20-23-14-7-8-15-25(23)30-27/h4-8,11-17,20,28-29H,1-3,9-10,18-19,21H2. The first kappa shape index (κ1) is 20.4. The predicted octanol–water partition coefficient (Wildman–Crippen LogP) is 6.54. The molecule has 3 nitrogen and oxygen atoms in total. The van der Waals surface area contributed by atoms with Gasteiger partial charge in [0.15, 0.2) is 0 Å². The highest BCUT2D eigenvalue weighted by molar-refractivity contribution is 5.99. The van der Waals surface area contributed by atoms with Gasteiger partial charge in [-0.15, -0.1) is 0 Å². The monoisotopic (exact) mass is 397 g/mol. The minimum atomic E-state index is 0.972. The molecule has 4 aromatic rings. The molecule has 1 heterocycles. The molecule has 0 saturated heterocycles. The van der Waals surface area contributed by atoms with Crippen LogP contribution in [0.2, 0.25) is 0 Å². The molecule has 0 spiro atoms. The highest BCUT2D eigenvalue weighted by atomic mass is 14.9. The summed E-state index contributed by atoms with van der Waals surface area (Å²) in [5.74, 6) is 0. The molecule has 0 fully saturated rings. The van der Waals surface area contributed by atoms with Crippen LogP contribution in [0.15, 0.2) is 78.9 Å². The van der Waals surface area contributed by atoms with E-state index in [4.69, 9.17) is 4.98 Å². The molecule has 0 bridgehead atoms. The first-order valence-corrected chi connectivity index (χ1v) is 11.2. The molecular weight excluding hydrogens is 366 g/mol. The zero-order valence-corrected chi connectivity index (χ0v) is 17.6. The van der Waals surface area contributed by atoms with Crippen LogP contribution in [-0.4, -0.2) is 18.1 Å². The molecule has 154 valence electrons. The number of pyridine rings is 1. The molecule has 3 aromatic carbocycles. The van der Waals surface area contributed by atoms with E-state index in [0.29, 0.717) is 0 Å². The van der Waals surface area contributed by atoms with E-state index >= 15 is 0 Å². The lowest BCUT2D eigenvalue weighted by Crippen LogP contribution is -2.14. The molecule has 0 amide bonds. The molecule has 0 saturated carbocycles. The van der Waals surface area contributed by atoms with Crippen molar-refractivity contribution in [1.29, 1.82) is 0 Å². The van der Waals surface area contributed by atoms with Crippen molar-refractivity contribution < 1.29 is 0 Å². The van der Waals surface area contributed by atoms with Gasteiger partial charge in [-0.05, 0) is 49.2 Å². The summed E-state index contributed by atoms with van der Waals surface area (Å²) < 4.78 is 0. The number of benzene rings is 3. The zero-order valence-electron chi connectivity index (χ0n) is 17.6. The van der Waals surface area contributed by atoms with Crippen LogP contribution in [0.3, 0.4) is 0 Å². The predicted molar refractivity (Wildman–Crippen MR) is 129 cm³/mol. The number of nitrogens with zero attached hydrogens (tertiary/aromatic N) is 1. The number of para-hydroxylation sites is 1. The van der Waals surface area contributed by atoms with E-state index in [1.807, 2.05) is 6.07 Å². The Kier molecular flexibility index (Phi) is 7.30. The van der Waals surface area contributed by atoms with Crippen molar-refractivity contribution in [3.8, 4) is 0 Å². The second kappa shape index (κ2) is 10.7. The Labute approximate surface area is 179 Å². The van der Waals surface area contributed by atoms with Crippen molar-refractivity contribution in [1.82, 2.24) is 10.3 Å². The number of aromatic nitrogens is 1. The first-order chi connectivity index (χ1) is 14.9. The molecule has 0 aliphatic heterocycles. The minimum absolute atomic E-state index is 0.972. The van der Waals surface area contributed by atoms with Crippen molar-refractivity contribution >= 4 is 27.5 Å². The molecule has 1 aromatic heterocycles. The SMILES string of the molecule is c1ccc(CNCCCCCCCNc2cccc3nc4ccccc4cc23)cc1. The maximum Gasteiger partial charge on any atom is 0.0730 e. The molecule has 0 aliphatic carbocycles. The number of unbranched alkanes of at least 4 members (excludes halogenated alkanes) is 4. The number of anilines is 1. The molecule has 3 heteroatoms. The molecular formula is C27H31N3. The van der Waals surface area contributed by atoms with Gasteiger partial charge in [0.2, 0.25) is 0 Å². The molecule has 0 radical (unpaired) electrons. The van der Waals surface area contributed by atoms with Crippen molar-refractivity contribution in [2.24, 2.45) is 0 Å². The van der Waals surface area contributed by atoms with E-state index in [-0.39, 0.29) is 0 Å². The Morgan fingerprint density at radius 1 is 0.633 bits per heavy atom. The van der Waals surface area contributed by atoms with Crippen LogP contribution >= 0.6 is 0 Å². The lowest BCUT2D eigenvalue weighted by atomic mass is 10.1. The van der Waals surface area contributed by atoms with E-state index in [2.05, 4.69) is 83.4 Å². The van der Waals surface area contributed by atoms with Crippen molar-refractivity contribution in [3.05, 3.63) is 84.4 Å². The van der Waals surface area contributed by atoms with Crippen LogP contribution in [0.5, 0.6) is 0 Å². The highest BCUT2D eigenvalue weighted by Gasteiger charge is 2.04. The van der Waals surface area contributed by atoms with Gasteiger partial charge in [-0.25, -0.2) is 4.98 Å². The number of rotatable bonds is 11. The van der Waals surface area contributed by atoms with Crippen LogP contribution in [0, 0.1) is 0 Å². The number of hydrogen-bond donors (Lipinski definition) is 2. The fourth-order valence-corrected chi connectivity index (χ4v) is 3.91. The van der Waals surface area contributed by atoms with Gasteiger partial charge in [0.25, 0.3) is 0 Å². The van der Waals surface area contributed by atoms with Gasteiger partial charge < -0.3 is 10.6 Å². The van der Waals surface area contributed by atoms with Gasteiger partial charge in [0.1, 0.15) is 0 Å². The van der Waals surface area contributed by atoms with Crippen LogP contribution in [0.25, 0.3) is 21.8 Å². The van der Waals surface area contributed by atoms with E-state index in [1.165, 1.54) is 54.1 Å². The van der Waals surface area contributed by atoms with Crippen molar-refractivity contribution in [2.75, 3.05) is 18.4 Å². The van der Waals surface area contributed by atoms with Crippen molar-refractivity contribution in [3.63, 3.8) is 0 Å². The van der Waals surface area contributed by atoms with Gasteiger partial charge in [-0.2, -0.15) is 0 Å². The second-order valence-corrected chi connectivity index (χ2v) is 7.91.